The van der Waals surface area contributed by atoms with E-state index in [-0.39, 0.29) is 17.1 Å². The van der Waals surface area contributed by atoms with Crippen LogP contribution in [0.3, 0.4) is 0 Å². The molecule has 0 aliphatic heterocycles. The standard InChI is InChI=1S/C21H34O4S/c1-16(12-10-8-6-5-7-9-11-15-26)13-14-18-17(2)19(22)20(23-3)21(24-4)25-18/h13,26H,5-12,14-15H2,1-4H3/b16-13+. The van der Waals surface area contributed by atoms with Crippen LogP contribution in [0.5, 0.6) is 11.7 Å². The summed E-state index contributed by atoms with van der Waals surface area (Å²) in [4.78, 5) is 12.3. The van der Waals surface area contributed by atoms with Gasteiger partial charge in [0.25, 0.3) is 0 Å². The summed E-state index contributed by atoms with van der Waals surface area (Å²) >= 11 is 4.24. The van der Waals surface area contributed by atoms with Crippen molar-refractivity contribution >= 4 is 12.6 Å². The summed E-state index contributed by atoms with van der Waals surface area (Å²) in [7, 11) is 2.91. The average molecular weight is 383 g/mol. The summed E-state index contributed by atoms with van der Waals surface area (Å²) in [5.74, 6) is 1.91. The zero-order valence-electron chi connectivity index (χ0n) is 16.7. The highest BCUT2D eigenvalue weighted by molar-refractivity contribution is 7.80. The lowest BCUT2D eigenvalue weighted by molar-refractivity contribution is 0.254. The second kappa shape index (κ2) is 12.9. The van der Waals surface area contributed by atoms with Crippen LogP contribution in [0.2, 0.25) is 0 Å². The van der Waals surface area contributed by atoms with Crippen LogP contribution in [0.15, 0.2) is 20.9 Å². The van der Waals surface area contributed by atoms with Crippen molar-refractivity contribution in [2.45, 2.75) is 71.6 Å². The number of allylic oxidation sites excluding steroid dienone is 2. The van der Waals surface area contributed by atoms with Gasteiger partial charge in [0.05, 0.1) is 14.2 Å². The van der Waals surface area contributed by atoms with Gasteiger partial charge >= 0.3 is 5.95 Å². The quantitative estimate of drug-likeness (QED) is 0.278. The predicted octanol–water partition coefficient (Wildman–Crippen LogP) is 5.50. The topological polar surface area (TPSA) is 48.7 Å². The number of methoxy groups -OCH3 is 2. The van der Waals surface area contributed by atoms with Crippen molar-refractivity contribution in [1.29, 1.82) is 0 Å². The van der Waals surface area contributed by atoms with Crippen LogP contribution >= 0.6 is 12.6 Å². The number of ether oxygens (including phenoxy) is 2. The molecule has 1 rings (SSSR count). The molecule has 0 aromatic carbocycles. The Kier molecular flexibility index (Phi) is 11.3. The van der Waals surface area contributed by atoms with Crippen LogP contribution in [0.25, 0.3) is 0 Å². The Bertz CT molecular complexity index is 619. The third-order valence-electron chi connectivity index (χ3n) is 4.62. The molecule has 4 nitrogen and oxygen atoms in total. The molecule has 0 spiro atoms. The van der Waals surface area contributed by atoms with Crippen molar-refractivity contribution in [2.24, 2.45) is 0 Å². The van der Waals surface area contributed by atoms with Crippen molar-refractivity contribution in [3.05, 3.63) is 33.2 Å². The van der Waals surface area contributed by atoms with E-state index in [1.165, 1.54) is 64.7 Å². The van der Waals surface area contributed by atoms with Gasteiger partial charge in [0.15, 0.2) is 0 Å². The summed E-state index contributed by atoms with van der Waals surface area (Å²) in [5.41, 5.74) is 1.74. The highest BCUT2D eigenvalue weighted by Gasteiger charge is 2.17. The van der Waals surface area contributed by atoms with Crippen LogP contribution in [-0.4, -0.2) is 20.0 Å². The molecule has 1 heterocycles. The third-order valence-corrected chi connectivity index (χ3v) is 4.94. The number of rotatable bonds is 13. The molecule has 0 fully saturated rings. The van der Waals surface area contributed by atoms with Gasteiger partial charge in [-0.05, 0) is 38.9 Å². The Hall–Kier alpha value is -1.36. The minimum atomic E-state index is -0.172. The first-order valence-corrected chi connectivity index (χ1v) is 10.2. The van der Waals surface area contributed by atoms with E-state index in [1.807, 2.05) is 0 Å². The Morgan fingerprint density at radius 2 is 1.65 bits per heavy atom. The van der Waals surface area contributed by atoms with Gasteiger partial charge in [-0.15, -0.1) is 0 Å². The van der Waals surface area contributed by atoms with Crippen molar-refractivity contribution in [2.75, 3.05) is 20.0 Å². The van der Waals surface area contributed by atoms with Gasteiger partial charge in [0, 0.05) is 12.0 Å². The van der Waals surface area contributed by atoms with Gasteiger partial charge < -0.3 is 13.9 Å². The van der Waals surface area contributed by atoms with Crippen LogP contribution in [-0.2, 0) is 6.42 Å². The number of thiol groups is 1. The van der Waals surface area contributed by atoms with Crippen LogP contribution in [0.4, 0.5) is 0 Å². The monoisotopic (exact) mass is 382 g/mol. The zero-order valence-corrected chi connectivity index (χ0v) is 17.6. The highest BCUT2D eigenvalue weighted by atomic mass is 32.1. The van der Waals surface area contributed by atoms with Gasteiger partial charge in [-0.1, -0.05) is 43.8 Å². The van der Waals surface area contributed by atoms with E-state index < -0.39 is 0 Å². The molecule has 1 aromatic heterocycles. The molecule has 1 aromatic rings. The van der Waals surface area contributed by atoms with Gasteiger partial charge in [0.1, 0.15) is 5.76 Å². The maximum atomic E-state index is 12.3. The molecule has 0 saturated carbocycles. The maximum absolute atomic E-state index is 12.3. The first-order valence-electron chi connectivity index (χ1n) is 9.56. The fourth-order valence-corrected chi connectivity index (χ4v) is 3.12. The lowest BCUT2D eigenvalue weighted by atomic mass is 10.0. The van der Waals surface area contributed by atoms with E-state index in [2.05, 4.69) is 25.6 Å². The Balaban J connectivity index is 2.47. The molecule has 0 radical (unpaired) electrons. The smallest absolute Gasteiger partial charge is 0.332 e. The van der Waals surface area contributed by atoms with E-state index >= 15 is 0 Å². The number of hydrogen-bond donors (Lipinski definition) is 1. The fourth-order valence-electron chi connectivity index (χ4n) is 2.90. The molecule has 0 saturated heterocycles. The molecule has 5 heteroatoms. The maximum Gasteiger partial charge on any atom is 0.332 e. The van der Waals surface area contributed by atoms with E-state index in [4.69, 9.17) is 13.9 Å². The van der Waals surface area contributed by atoms with Gasteiger partial charge in [-0.3, -0.25) is 4.79 Å². The number of hydrogen-bond acceptors (Lipinski definition) is 5. The summed E-state index contributed by atoms with van der Waals surface area (Å²) in [5, 5.41) is 0. The summed E-state index contributed by atoms with van der Waals surface area (Å²) in [6.45, 7) is 3.90. The summed E-state index contributed by atoms with van der Waals surface area (Å²) in [6, 6.07) is 0. The Morgan fingerprint density at radius 3 is 2.23 bits per heavy atom. The van der Waals surface area contributed by atoms with E-state index in [9.17, 15) is 4.79 Å². The Morgan fingerprint density at radius 1 is 1.04 bits per heavy atom. The minimum absolute atomic E-state index is 0.129. The number of unbranched alkanes of at least 4 members (excludes halogenated alkanes) is 6. The Labute approximate surface area is 163 Å². The highest BCUT2D eigenvalue weighted by Crippen LogP contribution is 2.26. The molecule has 0 atom stereocenters. The van der Waals surface area contributed by atoms with Crippen molar-refractivity contribution in [1.82, 2.24) is 0 Å². The molecule has 0 aliphatic rings. The lowest BCUT2D eigenvalue weighted by Crippen LogP contribution is -2.12. The second-order valence-corrected chi connectivity index (χ2v) is 7.15. The molecular formula is C21H34O4S. The van der Waals surface area contributed by atoms with Crippen LogP contribution in [0, 0.1) is 6.92 Å². The average Bonchev–Trinajstić information content (AvgIpc) is 2.64. The molecule has 148 valence electrons. The van der Waals surface area contributed by atoms with Crippen LogP contribution < -0.4 is 14.9 Å². The van der Waals surface area contributed by atoms with Crippen molar-refractivity contribution in [3.8, 4) is 11.7 Å². The lowest BCUT2D eigenvalue weighted by Gasteiger charge is -2.10. The summed E-state index contributed by atoms with van der Waals surface area (Å²) in [6.07, 6.45) is 12.8. The van der Waals surface area contributed by atoms with Gasteiger partial charge in [-0.25, -0.2) is 0 Å². The minimum Gasteiger partial charge on any atom is -0.487 e. The molecule has 26 heavy (non-hydrogen) atoms. The van der Waals surface area contributed by atoms with E-state index in [0.29, 0.717) is 17.7 Å². The fraction of sp³-hybridized carbons (Fsp3) is 0.667. The molecule has 0 bridgehead atoms. The van der Waals surface area contributed by atoms with Crippen molar-refractivity contribution in [3.63, 3.8) is 0 Å². The molecule has 0 unspecified atom stereocenters. The molecule has 0 N–H and O–H groups in total. The predicted molar refractivity (Wildman–Crippen MR) is 111 cm³/mol. The summed E-state index contributed by atoms with van der Waals surface area (Å²) < 4.78 is 15.9. The normalized spacial score (nSPS) is 11.7. The molecule has 0 aliphatic carbocycles. The molecular weight excluding hydrogens is 348 g/mol. The first-order chi connectivity index (χ1) is 12.5. The molecule has 0 amide bonds. The zero-order chi connectivity index (χ0) is 19.4. The SMILES string of the molecule is COc1oc(C/C=C(\C)CCCCCCCCCS)c(C)c(=O)c1OC. The van der Waals surface area contributed by atoms with E-state index in [1.54, 1.807) is 6.92 Å². The van der Waals surface area contributed by atoms with Gasteiger partial charge in [-0.2, -0.15) is 12.6 Å². The van der Waals surface area contributed by atoms with Crippen molar-refractivity contribution < 1.29 is 13.9 Å². The third kappa shape index (κ3) is 7.48. The largest absolute Gasteiger partial charge is 0.487 e. The van der Waals surface area contributed by atoms with Gasteiger partial charge in [0.2, 0.25) is 11.2 Å². The van der Waals surface area contributed by atoms with E-state index in [0.717, 1.165) is 12.2 Å². The van der Waals surface area contributed by atoms with Crippen LogP contribution in [0.1, 0.15) is 69.6 Å². The first kappa shape index (κ1) is 22.7. The second-order valence-electron chi connectivity index (χ2n) is 6.71.